The van der Waals surface area contributed by atoms with E-state index in [1.54, 1.807) is 6.07 Å². The van der Waals surface area contributed by atoms with E-state index in [-0.39, 0.29) is 11.9 Å². The van der Waals surface area contributed by atoms with Crippen LogP contribution in [0.25, 0.3) is 10.9 Å². The Kier molecular flexibility index (Phi) is 6.58. The summed E-state index contributed by atoms with van der Waals surface area (Å²) in [6.45, 7) is 4.26. The molecule has 33 heavy (non-hydrogen) atoms. The van der Waals surface area contributed by atoms with Gasteiger partial charge in [-0.05, 0) is 37.6 Å². The first-order chi connectivity index (χ1) is 16.0. The third-order valence-corrected chi connectivity index (χ3v) is 5.50. The first kappa shape index (κ1) is 22.3. The van der Waals surface area contributed by atoms with Crippen molar-refractivity contribution < 1.29 is 9.53 Å². The van der Waals surface area contributed by atoms with Crippen molar-refractivity contribution in [3.05, 3.63) is 83.4 Å². The van der Waals surface area contributed by atoms with E-state index in [4.69, 9.17) is 4.74 Å². The Labute approximate surface area is 193 Å². The molecular formula is C26H29N5O2. The lowest BCUT2D eigenvalue weighted by Gasteiger charge is -2.21. The maximum atomic E-state index is 13.4. The molecule has 2 aromatic heterocycles. The standard InChI is InChI=1S/C26H29N5O2/c1-5-33-24-13-9-7-11-20(24)26(32)30-22(23-15-25(31(3)4)29-17(2)28-23)14-18-16-27-21-12-8-6-10-19(18)21/h6-13,15-16,22,27H,5,14H2,1-4H3,(H,30,32)/t22-/m1/s1. The molecule has 0 unspecified atom stereocenters. The monoisotopic (exact) mass is 443 g/mol. The Bertz CT molecular complexity index is 1260. The maximum Gasteiger partial charge on any atom is 0.255 e. The van der Waals surface area contributed by atoms with Crippen LogP contribution < -0.4 is 15.0 Å². The number of para-hydroxylation sites is 2. The van der Waals surface area contributed by atoms with Crippen molar-refractivity contribution in [3.63, 3.8) is 0 Å². The quantitative estimate of drug-likeness (QED) is 0.421. The normalized spacial score (nSPS) is 11.9. The number of hydrogen-bond acceptors (Lipinski definition) is 5. The molecule has 2 heterocycles. The molecule has 0 radical (unpaired) electrons. The van der Waals surface area contributed by atoms with Crippen molar-refractivity contribution in [2.45, 2.75) is 26.3 Å². The second kappa shape index (κ2) is 9.73. The minimum Gasteiger partial charge on any atom is -0.493 e. The average Bonchev–Trinajstić information content (AvgIpc) is 3.21. The van der Waals surface area contributed by atoms with Crippen molar-refractivity contribution in [2.75, 3.05) is 25.6 Å². The minimum atomic E-state index is -0.355. The van der Waals surface area contributed by atoms with Gasteiger partial charge in [-0.25, -0.2) is 9.97 Å². The fourth-order valence-electron chi connectivity index (χ4n) is 3.90. The number of aromatic nitrogens is 3. The molecular weight excluding hydrogens is 414 g/mol. The van der Waals surface area contributed by atoms with Gasteiger partial charge in [0, 0.05) is 43.7 Å². The molecule has 1 atom stereocenters. The maximum absolute atomic E-state index is 13.4. The number of hydrogen-bond donors (Lipinski definition) is 2. The second-order valence-electron chi connectivity index (χ2n) is 8.11. The fraction of sp³-hybridized carbons (Fsp3) is 0.269. The van der Waals surface area contributed by atoms with E-state index < -0.39 is 0 Å². The molecule has 7 heteroatoms. The van der Waals surface area contributed by atoms with Gasteiger partial charge in [0.05, 0.1) is 23.9 Å². The number of aromatic amines is 1. The van der Waals surface area contributed by atoms with Gasteiger partial charge < -0.3 is 19.9 Å². The second-order valence-corrected chi connectivity index (χ2v) is 8.11. The van der Waals surface area contributed by atoms with E-state index in [0.29, 0.717) is 30.2 Å². The SMILES string of the molecule is CCOc1ccccc1C(=O)N[C@H](Cc1c[nH]c2ccccc12)c1cc(N(C)C)nc(C)n1. The molecule has 2 N–H and O–H groups in total. The highest BCUT2D eigenvalue weighted by atomic mass is 16.5. The Morgan fingerprint density at radius 1 is 1.12 bits per heavy atom. The van der Waals surface area contributed by atoms with Gasteiger partial charge in [-0.15, -0.1) is 0 Å². The highest BCUT2D eigenvalue weighted by molar-refractivity contribution is 5.97. The van der Waals surface area contributed by atoms with Crippen molar-refractivity contribution in [2.24, 2.45) is 0 Å². The number of aryl methyl sites for hydroxylation is 1. The number of nitrogens with zero attached hydrogens (tertiary/aromatic N) is 3. The van der Waals surface area contributed by atoms with E-state index in [2.05, 4.69) is 26.3 Å². The molecule has 7 nitrogen and oxygen atoms in total. The molecule has 4 aromatic rings. The van der Waals surface area contributed by atoms with Crippen LogP contribution in [0.3, 0.4) is 0 Å². The van der Waals surface area contributed by atoms with Crippen molar-refractivity contribution in [3.8, 4) is 5.75 Å². The van der Waals surface area contributed by atoms with Gasteiger partial charge in [-0.2, -0.15) is 0 Å². The van der Waals surface area contributed by atoms with Crippen molar-refractivity contribution in [1.82, 2.24) is 20.3 Å². The summed E-state index contributed by atoms with van der Waals surface area (Å²) in [5.41, 5.74) is 3.43. The Morgan fingerprint density at radius 2 is 1.88 bits per heavy atom. The zero-order valence-corrected chi connectivity index (χ0v) is 19.4. The van der Waals surface area contributed by atoms with Crippen LogP contribution in [-0.4, -0.2) is 41.6 Å². The van der Waals surface area contributed by atoms with Crippen molar-refractivity contribution >= 4 is 22.6 Å². The summed E-state index contributed by atoms with van der Waals surface area (Å²) in [6, 6.07) is 17.0. The smallest absolute Gasteiger partial charge is 0.255 e. The van der Waals surface area contributed by atoms with Crippen LogP contribution in [0.15, 0.2) is 60.8 Å². The average molecular weight is 444 g/mol. The van der Waals surface area contributed by atoms with E-state index in [9.17, 15) is 4.79 Å². The number of nitrogens with one attached hydrogen (secondary N) is 2. The van der Waals surface area contributed by atoms with Crippen LogP contribution in [0.1, 0.15) is 40.4 Å². The number of carbonyl (C=O) groups excluding carboxylic acids is 1. The van der Waals surface area contributed by atoms with Crippen LogP contribution in [0, 0.1) is 6.92 Å². The zero-order valence-electron chi connectivity index (χ0n) is 19.4. The van der Waals surface area contributed by atoms with Crippen LogP contribution in [0.4, 0.5) is 5.82 Å². The Hall–Kier alpha value is -3.87. The largest absolute Gasteiger partial charge is 0.493 e. The molecule has 0 aliphatic rings. The highest BCUT2D eigenvalue weighted by Gasteiger charge is 2.22. The lowest BCUT2D eigenvalue weighted by Crippen LogP contribution is -2.31. The van der Waals surface area contributed by atoms with Crippen LogP contribution in [0.5, 0.6) is 5.75 Å². The van der Waals surface area contributed by atoms with Crippen LogP contribution >= 0.6 is 0 Å². The number of anilines is 1. The van der Waals surface area contributed by atoms with Gasteiger partial charge in [0.25, 0.3) is 5.91 Å². The number of rotatable bonds is 8. The van der Waals surface area contributed by atoms with E-state index in [1.807, 2.05) is 81.5 Å². The number of benzene rings is 2. The third-order valence-electron chi connectivity index (χ3n) is 5.50. The van der Waals surface area contributed by atoms with Gasteiger partial charge in [0.15, 0.2) is 0 Å². The van der Waals surface area contributed by atoms with Crippen LogP contribution in [-0.2, 0) is 6.42 Å². The van der Waals surface area contributed by atoms with E-state index in [1.165, 1.54) is 0 Å². The van der Waals surface area contributed by atoms with Gasteiger partial charge in [0.2, 0.25) is 0 Å². The summed E-state index contributed by atoms with van der Waals surface area (Å²) in [5, 5.41) is 4.33. The number of H-pyrrole nitrogens is 1. The molecule has 0 spiro atoms. The summed E-state index contributed by atoms with van der Waals surface area (Å²) in [7, 11) is 3.88. The van der Waals surface area contributed by atoms with Gasteiger partial charge in [0.1, 0.15) is 17.4 Å². The highest BCUT2D eigenvalue weighted by Crippen LogP contribution is 2.27. The molecule has 0 bridgehead atoms. The third kappa shape index (κ3) is 4.98. The lowest BCUT2D eigenvalue weighted by atomic mass is 10.0. The topological polar surface area (TPSA) is 83.1 Å². The molecule has 2 aromatic carbocycles. The summed E-state index contributed by atoms with van der Waals surface area (Å²) in [6.07, 6.45) is 2.58. The number of ether oxygens (including phenoxy) is 1. The fourth-order valence-corrected chi connectivity index (χ4v) is 3.90. The van der Waals surface area contributed by atoms with Crippen molar-refractivity contribution in [1.29, 1.82) is 0 Å². The van der Waals surface area contributed by atoms with E-state index >= 15 is 0 Å². The zero-order chi connectivity index (χ0) is 23.4. The van der Waals surface area contributed by atoms with Gasteiger partial charge in [-0.3, -0.25) is 4.79 Å². The number of amides is 1. The summed E-state index contributed by atoms with van der Waals surface area (Å²) >= 11 is 0. The Morgan fingerprint density at radius 3 is 2.67 bits per heavy atom. The molecule has 0 saturated heterocycles. The Balaban J connectivity index is 1.72. The minimum absolute atomic E-state index is 0.202. The summed E-state index contributed by atoms with van der Waals surface area (Å²) in [5.74, 6) is 1.82. The number of carbonyl (C=O) groups is 1. The predicted molar refractivity (Wildman–Crippen MR) is 131 cm³/mol. The van der Waals surface area contributed by atoms with Gasteiger partial charge in [-0.1, -0.05) is 30.3 Å². The summed E-state index contributed by atoms with van der Waals surface area (Å²) < 4.78 is 5.68. The molecule has 1 amide bonds. The molecule has 170 valence electrons. The first-order valence-electron chi connectivity index (χ1n) is 11.1. The first-order valence-corrected chi connectivity index (χ1v) is 11.1. The van der Waals surface area contributed by atoms with Crippen LogP contribution in [0.2, 0.25) is 0 Å². The van der Waals surface area contributed by atoms with E-state index in [0.717, 1.165) is 28.0 Å². The lowest BCUT2D eigenvalue weighted by molar-refractivity contribution is 0.0931. The van der Waals surface area contributed by atoms with Gasteiger partial charge >= 0.3 is 0 Å². The molecule has 4 rings (SSSR count). The molecule has 0 aliphatic heterocycles. The molecule has 0 fully saturated rings. The molecule has 0 saturated carbocycles. The molecule has 0 aliphatic carbocycles. The predicted octanol–water partition coefficient (Wildman–Crippen LogP) is 4.44. The summed E-state index contributed by atoms with van der Waals surface area (Å²) in [4.78, 5) is 27.8. The number of fused-ring (bicyclic) bond motifs is 1.